The van der Waals surface area contributed by atoms with Crippen LogP contribution in [0.1, 0.15) is 105 Å². The van der Waals surface area contributed by atoms with Gasteiger partial charge in [-0.25, -0.2) is 0 Å². The molecule has 0 fully saturated rings. The molecular formula is C66H67N3. The maximum Gasteiger partial charge on any atom is 0.0568 e. The van der Waals surface area contributed by atoms with Gasteiger partial charge < -0.3 is 14.4 Å². The summed E-state index contributed by atoms with van der Waals surface area (Å²) >= 11 is 0. The van der Waals surface area contributed by atoms with Crippen LogP contribution in [-0.2, 0) is 21.7 Å². The van der Waals surface area contributed by atoms with E-state index in [1.165, 1.54) is 54.6 Å². The molecule has 0 bridgehead atoms. The highest BCUT2D eigenvalue weighted by atomic mass is 15.2. The predicted molar refractivity (Wildman–Crippen MR) is 300 cm³/mol. The molecular weight excluding hydrogens is 835 g/mol. The third-order valence-corrected chi connectivity index (χ3v) is 14.2. The summed E-state index contributed by atoms with van der Waals surface area (Å²) in [7, 11) is 0. The van der Waals surface area contributed by atoms with Gasteiger partial charge in [-0.05, 0) is 127 Å². The Morgan fingerprint density at radius 2 is 0.551 bits per heavy atom. The second-order valence-electron chi connectivity index (χ2n) is 23.2. The lowest BCUT2D eigenvalue weighted by atomic mass is 9.86. The molecule has 3 nitrogen and oxygen atoms in total. The number of rotatable bonds is 7. The van der Waals surface area contributed by atoms with Gasteiger partial charge in [-0.1, -0.05) is 198 Å². The second-order valence-corrected chi connectivity index (χ2v) is 23.2. The molecule has 0 unspecified atom stereocenters. The third-order valence-electron chi connectivity index (χ3n) is 14.2. The zero-order valence-corrected chi connectivity index (χ0v) is 42.7. The van der Waals surface area contributed by atoms with E-state index in [1.54, 1.807) is 0 Å². The molecule has 0 saturated heterocycles. The zero-order valence-electron chi connectivity index (χ0n) is 42.7. The predicted octanol–water partition coefficient (Wildman–Crippen LogP) is 19.2. The van der Waals surface area contributed by atoms with Crippen molar-refractivity contribution in [3.05, 3.63) is 210 Å². The van der Waals surface area contributed by atoms with E-state index in [-0.39, 0.29) is 21.7 Å². The summed E-state index contributed by atoms with van der Waals surface area (Å²) in [5.74, 6) is 0. The van der Waals surface area contributed by atoms with Crippen molar-refractivity contribution in [2.45, 2.75) is 105 Å². The molecule has 9 aromatic carbocycles. The maximum absolute atomic E-state index is 2.52. The fraction of sp³-hybridized carbons (Fsp3) is 0.242. The van der Waals surface area contributed by atoms with Gasteiger partial charge >= 0.3 is 0 Å². The van der Waals surface area contributed by atoms with E-state index in [4.69, 9.17) is 0 Å². The zero-order chi connectivity index (χ0) is 48.6. The highest BCUT2D eigenvalue weighted by molar-refractivity contribution is 6.32. The average Bonchev–Trinajstić information content (AvgIpc) is 3.66. The largest absolute Gasteiger partial charge is 0.310 e. The van der Waals surface area contributed by atoms with E-state index in [0.29, 0.717) is 0 Å². The van der Waals surface area contributed by atoms with Gasteiger partial charge in [-0.2, -0.15) is 0 Å². The molecule has 1 aromatic heterocycles. The summed E-state index contributed by atoms with van der Waals surface area (Å²) in [5.41, 5.74) is 15.6. The first-order valence-electron chi connectivity index (χ1n) is 24.8. The summed E-state index contributed by atoms with van der Waals surface area (Å²) in [6.07, 6.45) is 0. The molecule has 0 radical (unpaired) electrons. The summed E-state index contributed by atoms with van der Waals surface area (Å²) in [4.78, 5) is 4.95. The van der Waals surface area contributed by atoms with Crippen molar-refractivity contribution < 1.29 is 0 Å². The molecule has 69 heavy (non-hydrogen) atoms. The Morgan fingerprint density at radius 1 is 0.290 bits per heavy atom. The van der Waals surface area contributed by atoms with Crippen molar-refractivity contribution in [1.82, 2.24) is 4.57 Å². The Morgan fingerprint density at radius 3 is 0.826 bits per heavy atom. The SMILES string of the molecule is CC(C)(C)c1ccc(N(c2ccc(C(C)(C)C)cc2)c2cc3c(c4ccccc24)c2c4ccccc4c(N(c4ccc(C(C)(C)C)cc4)c4ccc(C(C)(C)C)cc4)cc2n3-c2ccccc2)cc1. The van der Waals surface area contributed by atoms with Gasteiger partial charge in [0.2, 0.25) is 0 Å². The number of para-hydroxylation sites is 1. The topological polar surface area (TPSA) is 11.4 Å². The summed E-state index contributed by atoms with van der Waals surface area (Å²) in [5, 5.41) is 7.33. The van der Waals surface area contributed by atoms with Crippen molar-refractivity contribution in [3.8, 4) is 5.69 Å². The number of anilines is 6. The van der Waals surface area contributed by atoms with Crippen molar-refractivity contribution in [2.75, 3.05) is 9.80 Å². The van der Waals surface area contributed by atoms with E-state index in [1.807, 2.05) is 0 Å². The molecule has 1 heterocycles. The van der Waals surface area contributed by atoms with E-state index < -0.39 is 0 Å². The van der Waals surface area contributed by atoms with Crippen LogP contribution in [0.25, 0.3) is 49.0 Å². The van der Waals surface area contributed by atoms with Crippen LogP contribution in [0.5, 0.6) is 0 Å². The first kappa shape index (κ1) is 45.7. The highest BCUT2D eigenvalue weighted by Crippen LogP contribution is 2.50. The average molecular weight is 902 g/mol. The standard InChI is InChI=1S/C66H67N3/c1-63(2,3)44-26-34-49(35-27-44)67(50-36-28-45(29-37-50)64(4,5)6)57-42-59-61(55-24-18-16-22-53(55)57)62-56-25-19-17-23-54(56)58(43-60(62)69(59)48-20-14-13-15-21-48)68(51-38-30-46(31-39-51)65(7,8)9)52-40-32-47(33-41-52)66(10,11)12/h13-43H,1-12H3. The molecule has 10 aromatic rings. The lowest BCUT2D eigenvalue weighted by Gasteiger charge is -2.29. The van der Waals surface area contributed by atoms with Crippen LogP contribution < -0.4 is 9.80 Å². The van der Waals surface area contributed by atoms with Crippen LogP contribution in [0.2, 0.25) is 0 Å². The molecule has 3 heteroatoms. The molecule has 0 aliphatic carbocycles. The quantitative estimate of drug-likeness (QED) is 0.158. The van der Waals surface area contributed by atoms with E-state index >= 15 is 0 Å². The Hall–Kier alpha value is -7.10. The number of hydrogen-bond donors (Lipinski definition) is 0. The van der Waals surface area contributed by atoms with Crippen LogP contribution in [0, 0.1) is 0 Å². The maximum atomic E-state index is 2.52. The molecule has 0 N–H and O–H groups in total. The van der Waals surface area contributed by atoms with Crippen LogP contribution in [0.4, 0.5) is 34.1 Å². The van der Waals surface area contributed by atoms with Crippen LogP contribution in [0.15, 0.2) is 188 Å². The van der Waals surface area contributed by atoms with Crippen molar-refractivity contribution >= 4 is 77.5 Å². The second kappa shape index (κ2) is 16.8. The Labute approximate surface area is 410 Å². The van der Waals surface area contributed by atoms with E-state index in [9.17, 15) is 0 Å². The van der Waals surface area contributed by atoms with Gasteiger partial charge in [0.15, 0.2) is 0 Å². The van der Waals surface area contributed by atoms with Gasteiger partial charge in [0.1, 0.15) is 0 Å². The normalized spacial score (nSPS) is 12.6. The van der Waals surface area contributed by atoms with Gasteiger partial charge in [0.25, 0.3) is 0 Å². The Bertz CT molecular complexity index is 3140. The minimum Gasteiger partial charge on any atom is -0.310 e. The van der Waals surface area contributed by atoms with Crippen molar-refractivity contribution in [3.63, 3.8) is 0 Å². The summed E-state index contributed by atoms with van der Waals surface area (Å²) in [6, 6.07) is 70.9. The molecule has 346 valence electrons. The van der Waals surface area contributed by atoms with Crippen molar-refractivity contribution in [2.24, 2.45) is 0 Å². The Balaban J connectivity index is 1.32. The minimum atomic E-state index is 0.0307. The summed E-state index contributed by atoms with van der Waals surface area (Å²) < 4.78 is 2.52. The number of fused-ring (bicyclic) bond motifs is 7. The monoisotopic (exact) mass is 902 g/mol. The van der Waals surface area contributed by atoms with E-state index in [0.717, 1.165) is 50.8 Å². The number of hydrogen-bond acceptors (Lipinski definition) is 2. The lowest BCUT2D eigenvalue weighted by molar-refractivity contribution is 0.590. The fourth-order valence-corrected chi connectivity index (χ4v) is 10.2. The molecule has 0 amide bonds. The lowest BCUT2D eigenvalue weighted by Crippen LogP contribution is -2.14. The molecule has 0 aliphatic heterocycles. The van der Waals surface area contributed by atoms with Gasteiger partial charge in [0.05, 0.1) is 22.4 Å². The van der Waals surface area contributed by atoms with Crippen LogP contribution in [0.3, 0.4) is 0 Å². The molecule has 0 spiro atoms. The van der Waals surface area contributed by atoms with Gasteiger partial charge in [0, 0.05) is 50.0 Å². The number of aromatic nitrogens is 1. The molecule has 0 saturated carbocycles. The van der Waals surface area contributed by atoms with Crippen LogP contribution in [-0.4, -0.2) is 4.57 Å². The number of nitrogens with zero attached hydrogens (tertiary/aromatic N) is 3. The van der Waals surface area contributed by atoms with Gasteiger partial charge in [-0.15, -0.1) is 0 Å². The third kappa shape index (κ3) is 8.37. The highest BCUT2D eigenvalue weighted by Gasteiger charge is 2.27. The minimum absolute atomic E-state index is 0.0307. The van der Waals surface area contributed by atoms with E-state index in [2.05, 4.69) is 286 Å². The smallest absolute Gasteiger partial charge is 0.0568 e. The molecule has 10 rings (SSSR count). The van der Waals surface area contributed by atoms with Crippen LogP contribution >= 0.6 is 0 Å². The summed E-state index contributed by atoms with van der Waals surface area (Å²) in [6.45, 7) is 27.4. The first-order valence-corrected chi connectivity index (χ1v) is 24.8. The van der Waals surface area contributed by atoms with Crippen molar-refractivity contribution in [1.29, 1.82) is 0 Å². The first-order chi connectivity index (χ1) is 32.8. The molecule has 0 aliphatic rings. The molecule has 0 atom stereocenters. The van der Waals surface area contributed by atoms with Gasteiger partial charge in [-0.3, -0.25) is 0 Å². The fourth-order valence-electron chi connectivity index (χ4n) is 10.2. The number of benzene rings is 9. The Kier molecular flexibility index (Phi) is 11.1.